The van der Waals surface area contributed by atoms with Crippen LogP contribution in [0.5, 0.6) is 0 Å². The number of carbonyl (C=O) groups is 3. The SMILES string of the molecule is COC(=O)[C@@H](Cc1ccc(C(C)(C)C)cc1)NC(=O)[C@H](O)[C@@H](NC(=O)c1ccccc1)c1ccccc1. The molecule has 3 atom stereocenters. The maximum atomic E-state index is 13.2. The lowest BCUT2D eigenvalue weighted by Gasteiger charge is -2.26. The predicted molar refractivity (Wildman–Crippen MR) is 142 cm³/mol. The molecule has 0 aromatic heterocycles. The number of methoxy groups -OCH3 is 1. The van der Waals surface area contributed by atoms with Crippen molar-refractivity contribution >= 4 is 17.8 Å². The van der Waals surface area contributed by atoms with Crippen LogP contribution >= 0.6 is 0 Å². The van der Waals surface area contributed by atoms with Crippen LogP contribution in [0.1, 0.15) is 53.9 Å². The molecule has 3 aromatic carbocycles. The summed E-state index contributed by atoms with van der Waals surface area (Å²) in [6.45, 7) is 6.34. The van der Waals surface area contributed by atoms with Gasteiger partial charge in [-0.1, -0.05) is 93.6 Å². The number of hydrogen-bond acceptors (Lipinski definition) is 5. The predicted octanol–water partition coefficient (Wildman–Crippen LogP) is 3.72. The molecule has 0 aliphatic carbocycles. The maximum Gasteiger partial charge on any atom is 0.328 e. The molecule has 0 aliphatic heterocycles. The first-order valence-corrected chi connectivity index (χ1v) is 12.2. The molecule has 0 aliphatic rings. The van der Waals surface area contributed by atoms with Gasteiger partial charge in [0.15, 0.2) is 6.10 Å². The van der Waals surface area contributed by atoms with Crippen molar-refractivity contribution in [1.82, 2.24) is 10.6 Å². The van der Waals surface area contributed by atoms with E-state index in [1.807, 2.05) is 24.3 Å². The largest absolute Gasteiger partial charge is 0.467 e. The molecule has 7 heteroatoms. The molecule has 0 unspecified atom stereocenters. The zero-order valence-electron chi connectivity index (χ0n) is 21.6. The molecule has 0 saturated heterocycles. The lowest BCUT2D eigenvalue weighted by Crippen LogP contribution is -2.51. The van der Waals surface area contributed by atoms with Gasteiger partial charge in [0.05, 0.1) is 13.2 Å². The van der Waals surface area contributed by atoms with Gasteiger partial charge in [-0.2, -0.15) is 0 Å². The van der Waals surface area contributed by atoms with Gasteiger partial charge in [0.25, 0.3) is 11.8 Å². The number of esters is 1. The maximum absolute atomic E-state index is 13.2. The van der Waals surface area contributed by atoms with E-state index in [0.29, 0.717) is 11.1 Å². The Labute approximate surface area is 217 Å². The summed E-state index contributed by atoms with van der Waals surface area (Å²) < 4.78 is 4.91. The highest BCUT2D eigenvalue weighted by Gasteiger charge is 2.32. The van der Waals surface area contributed by atoms with E-state index in [9.17, 15) is 19.5 Å². The molecule has 0 fully saturated rings. The standard InChI is InChI=1S/C30H34N2O5/c1-30(2,3)23-17-15-20(16-18-23)19-24(29(36)37-4)31-28(35)26(33)25(21-11-7-5-8-12-21)32-27(34)22-13-9-6-10-14-22/h5-18,24-26,33H,19H2,1-4H3,(H,31,35)(H,32,34)/t24-,25+,26-/m1/s1. The smallest absolute Gasteiger partial charge is 0.328 e. The fraction of sp³-hybridized carbons (Fsp3) is 0.300. The Morgan fingerprint density at radius 3 is 1.95 bits per heavy atom. The summed E-state index contributed by atoms with van der Waals surface area (Å²) in [6.07, 6.45) is -1.48. The van der Waals surface area contributed by atoms with E-state index in [-0.39, 0.29) is 11.8 Å². The van der Waals surface area contributed by atoms with Gasteiger partial charge < -0.3 is 20.5 Å². The molecule has 0 radical (unpaired) electrons. The second-order valence-electron chi connectivity index (χ2n) is 9.91. The molecule has 194 valence electrons. The van der Waals surface area contributed by atoms with E-state index in [4.69, 9.17) is 4.74 Å². The third-order valence-corrected chi connectivity index (χ3v) is 6.13. The van der Waals surface area contributed by atoms with Crippen molar-refractivity contribution in [2.45, 2.75) is 50.8 Å². The number of ether oxygens (including phenoxy) is 1. The average Bonchev–Trinajstić information content (AvgIpc) is 2.91. The van der Waals surface area contributed by atoms with Crippen molar-refractivity contribution in [3.8, 4) is 0 Å². The van der Waals surface area contributed by atoms with Gasteiger partial charge in [-0.25, -0.2) is 4.79 Å². The van der Waals surface area contributed by atoms with Gasteiger partial charge in [-0.05, 0) is 34.2 Å². The van der Waals surface area contributed by atoms with Crippen molar-refractivity contribution in [3.05, 3.63) is 107 Å². The highest BCUT2D eigenvalue weighted by molar-refractivity contribution is 5.95. The van der Waals surface area contributed by atoms with Crippen molar-refractivity contribution in [2.24, 2.45) is 0 Å². The summed E-state index contributed by atoms with van der Waals surface area (Å²) >= 11 is 0. The van der Waals surface area contributed by atoms with E-state index in [0.717, 1.165) is 11.1 Å². The second kappa shape index (κ2) is 12.3. The molecule has 37 heavy (non-hydrogen) atoms. The van der Waals surface area contributed by atoms with Crippen LogP contribution in [0.4, 0.5) is 0 Å². The second-order valence-corrected chi connectivity index (χ2v) is 9.91. The minimum atomic E-state index is -1.66. The van der Waals surface area contributed by atoms with E-state index in [1.165, 1.54) is 7.11 Å². The van der Waals surface area contributed by atoms with Gasteiger partial charge in [-0.15, -0.1) is 0 Å². The zero-order valence-corrected chi connectivity index (χ0v) is 21.6. The molecule has 0 heterocycles. The normalized spacial score (nSPS) is 13.6. The summed E-state index contributed by atoms with van der Waals surface area (Å²) in [7, 11) is 1.24. The van der Waals surface area contributed by atoms with Gasteiger partial charge in [-0.3, -0.25) is 9.59 Å². The quantitative estimate of drug-likeness (QED) is 0.387. The Balaban J connectivity index is 1.79. The highest BCUT2D eigenvalue weighted by Crippen LogP contribution is 2.23. The van der Waals surface area contributed by atoms with Crippen LogP contribution in [0.15, 0.2) is 84.9 Å². The number of aliphatic hydroxyl groups is 1. The molecular formula is C30H34N2O5. The first-order chi connectivity index (χ1) is 17.6. The Morgan fingerprint density at radius 2 is 1.41 bits per heavy atom. The highest BCUT2D eigenvalue weighted by atomic mass is 16.5. The third kappa shape index (κ3) is 7.51. The Kier molecular flexibility index (Phi) is 9.20. The minimum Gasteiger partial charge on any atom is -0.467 e. The molecular weight excluding hydrogens is 468 g/mol. The first-order valence-electron chi connectivity index (χ1n) is 12.2. The van der Waals surface area contributed by atoms with Gasteiger partial charge in [0.2, 0.25) is 0 Å². The molecule has 3 N–H and O–H groups in total. The molecule has 2 amide bonds. The summed E-state index contributed by atoms with van der Waals surface area (Å²) in [5.74, 6) is -1.88. The van der Waals surface area contributed by atoms with Gasteiger partial charge >= 0.3 is 5.97 Å². The van der Waals surface area contributed by atoms with E-state index >= 15 is 0 Å². The number of aliphatic hydroxyl groups excluding tert-OH is 1. The molecule has 0 bridgehead atoms. The lowest BCUT2D eigenvalue weighted by molar-refractivity contribution is -0.146. The van der Waals surface area contributed by atoms with Crippen LogP contribution in [-0.4, -0.2) is 42.1 Å². The van der Waals surface area contributed by atoms with Crippen molar-refractivity contribution in [2.75, 3.05) is 7.11 Å². The first kappa shape index (κ1) is 27.6. The van der Waals surface area contributed by atoms with Crippen LogP contribution in [-0.2, 0) is 26.2 Å². The summed E-state index contributed by atoms with van der Waals surface area (Å²) in [6, 6.07) is 23.0. The Bertz CT molecular complexity index is 1190. The lowest BCUT2D eigenvalue weighted by atomic mass is 9.86. The molecule has 0 saturated carbocycles. The topological polar surface area (TPSA) is 105 Å². The van der Waals surface area contributed by atoms with Crippen molar-refractivity contribution < 1.29 is 24.2 Å². The number of rotatable bonds is 9. The third-order valence-electron chi connectivity index (χ3n) is 6.13. The molecule has 7 nitrogen and oxygen atoms in total. The number of benzene rings is 3. The molecule has 3 aromatic rings. The number of nitrogens with one attached hydrogen (secondary N) is 2. The fourth-order valence-corrected chi connectivity index (χ4v) is 3.94. The van der Waals surface area contributed by atoms with Crippen LogP contribution in [0, 0.1) is 0 Å². The fourth-order valence-electron chi connectivity index (χ4n) is 3.94. The number of carbonyl (C=O) groups excluding carboxylic acids is 3. The monoisotopic (exact) mass is 502 g/mol. The van der Waals surface area contributed by atoms with Crippen molar-refractivity contribution in [1.29, 1.82) is 0 Å². The number of amides is 2. The van der Waals surface area contributed by atoms with E-state index in [1.54, 1.807) is 60.7 Å². The van der Waals surface area contributed by atoms with Crippen LogP contribution in [0.25, 0.3) is 0 Å². The molecule has 3 rings (SSSR count). The van der Waals surface area contributed by atoms with Crippen molar-refractivity contribution in [3.63, 3.8) is 0 Å². The van der Waals surface area contributed by atoms with Crippen LogP contribution in [0.3, 0.4) is 0 Å². The average molecular weight is 503 g/mol. The summed E-state index contributed by atoms with van der Waals surface area (Å²) in [4.78, 5) is 38.5. The number of hydrogen-bond donors (Lipinski definition) is 3. The van der Waals surface area contributed by atoms with Crippen LogP contribution < -0.4 is 10.6 Å². The minimum absolute atomic E-state index is 0.0186. The Hall–Kier alpha value is -3.97. The zero-order chi connectivity index (χ0) is 27.0. The van der Waals surface area contributed by atoms with Gasteiger partial charge in [0.1, 0.15) is 6.04 Å². The van der Waals surface area contributed by atoms with E-state index in [2.05, 4.69) is 31.4 Å². The van der Waals surface area contributed by atoms with Gasteiger partial charge in [0, 0.05) is 12.0 Å². The summed E-state index contributed by atoms with van der Waals surface area (Å²) in [5.41, 5.74) is 2.89. The molecule has 0 spiro atoms. The Morgan fingerprint density at radius 1 is 0.838 bits per heavy atom. The summed E-state index contributed by atoms with van der Waals surface area (Å²) in [5, 5.41) is 16.4. The van der Waals surface area contributed by atoms with E-state index < -0.39 is 36.0 Å². The van der Waals surface area contributed by atoms with Crippen LogP contribution in [0.2, 0.25) is 0 Å².